The van der Waals surface area contributed by atoms with Crippen LogP contribution < -0.4 is 11.1 Å². The molecule has 7 nitrogen and oxygen atoms in total. The molecule has 7 heteroatoms. The predicted molar refractivity (Wildman–Crippen MR) is 75.4 cm³/mol. The first kappa shape index (κ1) is 14.6. The Bertz CT molecular complexity index is 797. The Morgan fingerprint density at radius 3 is 2.71 bits per heavy atom. The van der Waals surface area contributed by atoms with Crippen LogP contribution in [0.1, 0.15) is 18.1 Å². The molecular weight excluding hydrogens is 276 g/mol. The van der Waals surface area contributed by atoms with Crippen molar-refractivity contribution < 1.29 is 18.7 Å². The Labute approximate surface area is 119 Å². The highest BCUT2D eigenvalue weighted by molar-refractivity contribution is 5.98. The summed E-state index contributed by atoms with van der Waals surface area (Å²) in [5.41, 5.74) is 2.34. The summed E-state index contributed by atoms with van der Waals surface area (Å²) in [5.74, 6) is -1.61. The fraction of sp³-hybridized carbons (Fsp3) is 0.214. The number of aromatic amines is 1. The first-order chi connectivity index (χ1) is 9.90. The van der Waals surface area contributed by atoms with Gasteiger partial charge in [0.15, 0.2) is 5.58 Å². The molecule has 1 amide bonds. The van der Waals surface area contributed by atoms with Crippen LogP contribution in [0.5, 0.6) is 0 Å². The second kappa shape index (κ2) is 5.66. The Balaban J connectivity index is 2.52. The van der Waals surface area contributed by atoms with Crippen LogP contribution in [0.3, 0.4) is 0 Å². The molecule has 2 aromatic rings. The zero-order valence-corrected chi connectivity index (χ0v) is 11.8. The molecule has 0 radical (unpaired) electrons. The molecule has 0 fully saturated rings. The smallest absolute Gasteiger partial charge is 0.417 e. The van der Waals surface area contributed by atoms with Gasteiger partial charge >= 0.3 is 11.7 Å². The molecule has 0 atom stereocenters. The van der Waals surface area contributed by atoms with Crippen molar-refractivity contribution in [1.29, 1.82) is 0 Å². The third kappa shape index (κ3) is 3.19. The van der Waals surface area contributed by atoms with Gasteiger partial charge in [0.05, 0.1) is 12.6 Å². The van der Waals surface area contributed by atoms with E-state index in [0.717, 1.165) is 5.56 Å². The van der Waals surface area contributed by atoms with E-state index in [1.165, 1.54) is 20.1 Å². The van der Waals surface area contributed by atoms with Gasteiger partial charge in [-0.25, -0.2) is 9.59 Å². The molecule has 1 aromatic carbocycles. The maximum Gasteiger partial charge on any atom is 0.417 e. The van der Waals surface area contributed by atoms with Crippen LogP contribution in [0, 0.1) is 6.92 Å². The molecule has 0 saturated heterocycles. The van der Waals surface area contributed by atoms with Gasteiger partial charge in [0, 0.05) is 6.92 Å². The minimum absolute atomic E-state index is 0.00151. The van der Waals surface area contributed by atoms with Crippen molar-refractivity contribution in [3.63, 3.8) is 0 Å². The highest BCUT2D eigenvalue weighted by Gasteiger charge is 2.12. The van der Waals surface area contributed by atoms with Crippen molar-refractivity contribution in [1.82, 2.24) is 10.3 Å². The second-order valence-corrected chi connectivity index (χ2v) is 4.46. The van der Waals surface area contributed by atoms with Gasteiger partial charge in [0.1, 0.15) is 5.70 Å². The van der Waals surface area contributed by atoms with Crippen LogP contribution in [-0.4, -0.2) is 24.0 Å². The second-order valence-electron chi connectivity index (χ2n) is 4.46. The maximum absolute atomic E-state index is 11.6. The van der Waals surface area contributed by atoms with Gasteiger partial charge in [-0.15, -0.1) is 0 Å². The number of H-pyrrole nitrogens is 1. The molecule has 2 N–H and O–H groups in total. The monoisotopic (exact) mass is 290 g/mol. The summed E-state index contributed by atoms with van der Waals surface area (Å²) < 4.78 is 9.60. The number of benzene rings is 1. The van der Waals surface area contributed by atoms with Crippen LogP contribution in [0.2, 0.25) is 0 Å². The standard InChI is InChI=1S/C14H14N2O5/c1-7-4-9(6-11-12(7)16-14(19)21-11)5-10(13(18)20-3)15-8(2)17/h4-6H,1-3H3,(H,15,17)(H,16,19)/b10-5-. The average Bonchev–Trinajstić information content (AvgIpc) is 2.77. The van der Waals surface area contributed by atoms with E-state index in [0.29, 0.717) is 16.7 Å². The number of hydrogen-bond donors (Lipinski definition) is 2. The summed E-state index contributed by atoms with van der Waals surface area (Å²) in [6.45, 7) is 3.08. The fourth-order valence-corrected chi connectivity index (χ4v) is 1.95. The third-order valence-corrected chi connectivity index (χ3v) is 2.78. The summed E-state index contributed by atoms with van der Waals surface area (Å²) in [6.07, 6.45) is 1.45. The van der Waals surface area contributed by atoms with E-state index in [-0.39, 0.29) is 5.70 Å². The SMILES string of the molecule is COC(=O)/C(=C/c1cc(C)c2[nH]c(=O)oc2c1)NC(C)=O. The van der Waals surface area contributed by atoms with Crippen molar-refractivity contribution in [3.05, 3.63) is 39.5 Å². The fourth-order valence-electron chi connectivity index (χ4n) is 1.95. The summed E-state index contributed by atoms with van der Waals surface area (Å²) >= 11 is 0. The number of carbonyl (C=O) groups is 2. The minimum Gasteiger partial charge on any atom is -0.464 e. The molecule has 0 bridgehead atoms. The lowest BCUT2D eigenvalue weighted by Crippen LogP contribution is -2.25. The molecule has 0 aliphatic heterocycles. The normalized spacial score (nSPS) is 11.5. The van der Waals surface area contributed by atoms with E-state index >= 15 is 0 Å². The van der Waals surface area contributed by atoms with Crippen LogP contribution in [0.15, 0.2) is 27.0 Å². The number of oxazole rings is 1. The molecule has 1 heterocycles. The molecule has 0 saturated carbocycles. The number of methoxy groups -OCH3 is 1. The van der Waals surface area contributed by atoms with E-state index < -0.39 is 17.6 Å². The van der Waals surface area contributed by atoms with E-state index in [9.17, 15) is 14.4 Å². The highest BCUT2D eigenvalue weighted by Crippen LogP contribution is 2.19. The first-order valence-corrected chi connectivity index (χ1v) is 6.12. The van der Waals surface area contributed by atoms with E-state index in [4.69, 9.17) is 4.42 Å². The van der Waals surface area contributed by atoms with Gasteiger partial charge in [-0.3, -0.25) is 9.78 Å². The van der Waals surface area contributed by atoms with Crippen molar-refractivity contribution in [2.75, 3.05) is 7.11 Å². The molecule has 2 rings (SSSR count). The Morgan fingerprint density at radius 1 is 1.38 bits per heavy atom. The van der Waals surface area contributed by atoms with Crippen LogP contribution in [0.25, 0.3) is 17.2 Å². The van der Waals surface area contributed by atoms with Crippen LogP contribution in [0.4, 0.5) is 0 Å². The van der Waals surface area contributed by atoms with Gasteiger partial charge in [0.2, 0.25) is 5.91 Å². The van der Waals surface area contributed by atoms with Crippen molar-refractivity contribution in [3.8, 4) is 0 Å². The summed E-state index contributed by atoms with van der Waals surface area (Å²) in [6, 6.07) is 3.34. The average molecular weight is 290 g/mol. The molecule has 0 spiro atoms. The Hall–Kier alpha value is -2.83. The molecule has 0 unspecified atom stereocenters. The molecule has 1 aromatic heterocycles. The number of fused-ring (bicyclic) bond motifs is 1. The number of esters is 1. The lowest BCUT2D eigenvalue weighted by Gasteiger charge is -2.06. The number of aromatic nitrogens is 1. The zero-order chi connectivity index (χ0) is 15.6. The van der Waals surface area contributed by atoms with Crippen molar-refractivity contribution >= 4 is 29.1 Å². The molecule has 21 heavy (non-hydrogen) atoms. The van der Waals surface area contributed by atoms with Crippen molar-refractivity contribution in [2.45, 2.75) is 13.8 Å². The topological polar surface area (TPSA) is 101 Å². The zero-order valence-electron chi connectivity index (χ0n) is 11.8. The van der Waals surface area contributed by atoms with Gasteiger partial charge in [0.25, 0.3) is 0 Å². The predicted octanol–water partition coefficient (Wildman–Crippen LogP) is 1.08. The van der Waals surface area contributed by atoms with Gasteiger partial charge in [-0.1, -0.05) is 0 Å². The molecule has 110 valence electrons. The van der Waals surface area contributed by atoms with Gasteiger partial charge < -0.3 is 14.5 Å². The molecule has 0 aliphatic rings. The Morgan fingerprint density at radius 2 is 2.10 bits per heavy atom. The summed E-state index contributed by atoms with van der Waals surface area (Å²) in [5, 5.41) is 2.40. The molecule has 0 aliphatic carbocycles. The summed E-state index contributed by atoms with van der Waals surface area (Å²) in [4.78, 5) is 36.5. The lowest BCUT2D eigenvalue weighted by molar-refractivity contribution is -0.137. The number of amides is 1. The maximum atomic E-state index is 11.6. The van der Waals surface area contributed by atoms with Crippen LogP contribution >= 0.6 is 0 Å². The van der Waals surface area contributed by atoms with E-state index in [2.05, 4.69) is 15.0 Å². The largest absolute Gasteiger partial charge is 0.464 e. The number of nitrogens with one attached hydrogen (secondary N) is 2. The van der Waals surface area contributed by atoms with Crippen molar-refractivity contribution in [2.24, 2.45) is 0 Å². The number of aryl methyl sites for hydroxylation is 1. The quantitative estimate of drug-likeness (QED) is 0.650. The third-order valence-electron chi connectivity index (χ3n) is 2.78. The van der Waals surface area contributed by atoms with Gasteiger partial charge in [-0.05, 0) is 36.3 Å². The van der Waals surface area contributed by atoms with E-state index in [1.807, 2.05) is 0 Å². The first-order valence-electron chi connectivity index (χ1n) is 6.12. The number of hydrogen-bond acceptors (Lipinski definition) is 5. The Kier molecular flexibility index (Phi) is 3.93. The number of ether oxygens (including phenoxy) is 1. The lowest BCUT2D eigenvalue weighted by atomic mass is 10.1. The summed E-state index contributed by atoms with van der Waals surface area (Å²) in [7, 11) is 1.22. The van der Waals surface area contributed by atoms with Crippen LogP contribution in [-0.2, 0) is 14.3 Å². The van der Waals surface area contributed by atoms with Gasteiger partial charge in [-0.2, -0.15) is 0 Å². The highest BCUT2D eigenvalue weighted by atomic mass is 16.5. The minimum atomic E-state index is -0.668. The number of rotatable bonds is 3. The van der Waals surface area contributed by atoms with E-state index in [1.54, 1.807) is 19.1 Å². The molecular formula is C14H14N2O5. The number of carbonyl (C=O) groups excluding carboxylic acids is 2.